The fraction of sp³-hybridized carbons (Fsp3) is 0.417. The molecular weight excluding hydrogens is 176 g/mol. The monoisotopic (exact) mass is 191 g/mol. The lowest BCUT2D eigenvalue weighted by Gasteiger charge is -2.09. The second-order valence-electron chi connectivity index (χ2n) is 3.49. The molecule has 1 aromatic carbocycles. The summed E-state index contributed by atoms with van der Waals surface area (Å²) in [6, 6.07) is 8.16. The van der Waals surface area contributed by atoms with Gasteiger partial charge in [0, 0.05) is 0 Å². The molecule has 1 heterocycles. The fourth-order valence-corrected chi connectivity index (χ4v) is 1.38. The van der Waals surface area contributed by atoms with Gasteiger partial charge in [0.2, 0.25) is 0 Å². The van der Waals surface area contributed by atoms with Crippen molar-refractivity contribution in [1.29, 1.82) is 0 Å². The molecule has 14 heavy (non-hydrogen) atoms. The van der Waals surface area contributed by atoms with Crippen molar-refractivity contribution in [2.24, 2.45) is 0 Å². The Morgan fingerprint density at radius 2 is 2.29 bits per heavy atom. The Balaban J connectivity index is 1.97. The van der Waals surface area contributed by atoms with Gasteiger partial charge in [0.05, 0.1) is 6.61 Å². The van der Waals surface area contributed by atoms with Crippen LogP contribution in [0.3, 0.4) is 0 Å². The van der Waals surface area contributed by atoms with Crippen molar-refractivity contribution in [2.45, 2.75) is 19.4 Å². The molecule has 1 aliphatic heterocycles. The average molecular weight is 191 g/mol. The lowest BCUT2D eigenvalue weighted by molar-refractivity contribution is 0.261. The third kappa shape index (κ3) is 2.48. The van der Waals surface area contributed by atoms with Crippen LogP contribution in [0.1, 0.15) is 12.5 Å². The molecule has 0 amide bonds. The molecule has 0 aliphatic carbocycles. The zero-order valence-corrected chi connectivity index (χ0v) is 8.40. The summed E-state index contributed by atoms with van der Waals surface area (Å²) in [4.78, 5) is 0. The van der Waals surface area contributed by atoms with E-state index in [2.05, 4.69) is 19.4 Å². The SMILES string of the molecule is C[CH]Cc1ccccc1OCC1CO1. The first kappa shape index (κ1) is 9.53. The number of benzene rings is 1. The quantitative estimate of drug-likeness (QED) is 0.666. The number of para-hydroxylation sites is 1. The smallest absolute Gasteiger partial charge is 0.122 e. The van der Waals surface area contributed by atoms with Crippen LogP contribution in [0.2, 0.25) is 0 Å². The molecule has 1 radical (unpaired) electrons. The van der Waals surface area contributed by atoms with E-state index in [1.54, 1.807) is 0 Å². The van der Waals surface area contributed by atoms with Gasteiger partial charge < -0.3 is 9.47 Å². The summed E-state index contributed by atoms with van der Waals surface area (Å²) in [6.07, 6.45) is 3.42. The summed E-state index contributed by atoms with van der Waals surface area (Å²) in [6.45, 7) is 3.59. The van der Waals surface area contributed by atoms with E-state index in [1.807, 2.05) is 18.2 Å². The first-order chi connectivity index (χ1) is 6.90. The molecule has 0 spiro atoms. The Kier molecular flexibility index (Phi) is 3.04. The predicted molar refractivity (Wildman–Crippen MR) is 55.4 cm³/mol. The van der Waals surface area contributed by atoms with E-state index < -0.39 is 0 Å². The number of epoxide rings is 1. The summed E-state index contributed by atoms with van der Waals surface area (Å²) in [5.74, 6) is 0.987. The molecule has 0 aromatic heterocycles. The van der Waals surface area contributed by atoms with Crippen LogP contribution in [0, 0.1) is 6.42 Å². The number of hydrogen-bond donors (Lipinski definition) is 0. The maximum Gasteiger partial charge on any atom is 0.122 e. The summed E-state index contributed by atoms with van der Waals surface area (Å²) < 4.78 is 10.8. The van der Waals surface area contributed by atoms with E-state index in [4.69, 9.17) is 9.47 Å². The second kappa shape index (κ2) is 4.47. The minimum atomic E-state index is 0.327. The van der Waals surface area contributed by atoms with Crippen molar-refractivity contribution >= 4 is 0 Å². The van der Waals surface area contributed by atoms with Crippen molar-refractivity contribution in [3.05, 3.63) is 36.2 Å². The minimum absolute atomic E-state index is 0.327. The van der Waals surface area contributed by atoms with Gasteiger partial charge in [-0.05, 0) is 24.5 Å². The third-order valence-electron chi connectivity index (χ3n) is 2.22. The molecule has 0 bridgehead atoms. The van der Waals surface area contributed by atoms with Crippen LogP contribution in [-0.2, 0) is 11.2 Å². The standard InChI is InChI=1S/C12H15O2/c1-2-5-10-6-3-4-7-12(10)14-9-11-8-13-11/h2-4,6-7,11H,5,8-9H2,1H3. The first-order valence-corrected chi connectivity index (χ1v) is 5.00. The zero-order chi connectivity index (χ0) is 9.80. The van der Waals surface area contributed by atoms with Gasteiger partial charge in [-0.15, -0.1) is 0 Å². The second-order valence-corrected chi connectivity index (χ2v) is 3.49. The van der Waals surface area contributed by atoms with E-state index in [-0.39, 0.29) is 0 Å². The molecule has 1 atom stereocenters. The third-order valence-corrected chi connectivity index (χ3v) is 2.22. The largest absolute Gasteiger partial charge is 0.491 e. The maximum atomic E-state index is 5.67. The highest BCUT2D eigenvalue weighted by molar-refractivity contribution is 5.34. The Bertz CT molecular complexity index is 292. The molecule has 1 saturated heterocycles. The van der Waals surface area contributed by atoms with Crippen LogP contribution in [0.15, 0.2) is 24.3 Å². The van der Waals surface area contributed by atoms with Crippen molar-refractivity contribution in [2.75, 3.05) is 13.2 Å². The zero-order valence-electron chi connectivity index (χ0n) is 8.40. The van der Waals surface area contributed by atoms with Gasteiger partial charge >= 0.3 is 0 Å². The molecule has 1 aliphatic rings. The summed E-state index contributed by atoms with van der Waals surface area (Å²) >= 11 is 0. The predicted octanol–water partition coefficient (Wildman–Crippen LogP) is 2.23. The molecule has 1 aromatic rings. The van der Waals surface area contributed by atoms with E-state index in [0.717, 1.165) is 18.8 Å². The molecule has 0 N–H and O–H groups in total. The van der Waals surface area contributed by atoms with Gasteiger partial charge in [0.1, 0.15) is 18.5 Å². The van der Waals surface area contributed by atoms with E-state index >= 15 is 0 Å². The van der Waals surface area contributed by atoms with Crippen molar-refractivity contribution in [3.63, 3.8) is 0 Å². The Morgan fingerprint density at radius 1 is 1.50 bits per heavy atom. The molecule has 2 rings (SSSR count). The van der Waals surface area contributed by atoms with Gasteiger partial charge in [-0.3, -0.25) is 0 Å². The Hall–Kier alpha value is -1.02. The normalized spacial score (nSPS) is 19.4. The van der Waals surface area contributed by atoms with Crippen molar-refractivity contribution < 1.29 is 9.47 Å². The van der Waals surface area contributed by atoms with Gasteiger partial charge in [0.25, 0.3) is 0 Å². The molecule has 75 valence electrons. The van der Waals surface area contributed by atoms with Crippen LogP contribution < -0.4 is 4.74 Å². The maximum absolute atomic E-state index is 5.67. The molecular formula is C12H15O2. The highest BCUT2D eigenvalue weighted by Crippen LogP contribution is 2.21. The highest BCUT2D eigenvalue weighted by atomic mass is 16.6. The van der Waals surface area contributed by atoms with Crippen LogP contribution in [-0.4, -0.2) is 19.3 Å². The average Bonchev–Trinajstić information content (AvgIpc) is 3.01. The van der Waals surface area contributed by atoms with Gasteiger partial charge in [-0.1, -0.05) is 25.1 Å². The number of ether oxygens (including phenoxy) is 2. The van der Waals surface area contributed by atoms with Gasteiger partial charge in [0.15, 0.2) is 0 Å². The van der Waals surface area contributed by atoms with Crippen molar-refractivity contribution in [1.82, 2.24) is 0 Å². The van der Waals surface area contributed by atoms with Crippen LogP contribution >= 0.6 is 0 Å². The molecule has 1 fully saturated rings. The molecule has 2 heteroatoms. The summed E-state index contributed by atoms with van der Waals surface area (Å²) in [7, 11) is 0. The lowest BCUT2D eigenvalue weighted by atomic mass is 10.1. The van der Waals surface area contributed by atoms with Gasteiger partial charge in [-0.25, -0.2) is 0 Å². The number of rotatable bonds is 5. The summed E-state index contributed by atoms with van der Waals surface area (Å²) in [5.41, 5.74) is 1.25. The Labute approximate surface area is 84.8 Å². The number of hydrogen-bond acceptors (Lipinski definition) is 2. The lowest BCUT2D eigenvalue weighted by Crippen LogP contribution is -2.05. The van der Waals surface area contributed by atoms with Gasteiger partial charge in [-0.2, -0.15) is 0 Å². The minimum Gasteiger partial charge on any atom is -0.491 e. The van der Waals surface area contributed by atoms with Crippen LogP contribution in [0.4, 0.5) is 0 Å². The molecule has 1 unspecified atom stereocenters. The topological polar surface area (TPSA) is 21.8 Å². The fourth-order valence-electron chi connectivity index (χ4n) is 1.38. The highest BCUT2D eigenvalue weighted by Gasteiger charge is 2.23. The van der Waals surface area contributed by atoms with Crippen LogP contribution in [0.25, 0.3) is 0 Å². The first-order valence-electron chi connectivity index (χ1n) is 5.00. The molecule has 2 nitrogen and oxygen atoms in total. The van der Waals surface area contributed by atoms with E-state index in [0.29, 0.717) is 12.7 Å². The van der Waals surface area contributed by atoms with E-state index in [1.165, 1.54) is 5.56 Å². The molecule has 0 saturated carbocycles. The van der Waals surface area contributed by atoms with Crippen LogP contribution in [0.5, 0.6) is 5.75 Å². The van der Waals surface area contributed by atoms with E-state index in [9.17, 15) is 0 Å². The van der Waals surface area contributed by atoms with Crippen molar-refractivity contribution in [3.8, 4) is 5.75 Å². The Morgan fingerprint density at radius 3 is 3.00 bits per heavy atom. The summed E-state index contributed by atoms with van der Waals surface area (Å²) in [5, 5.41) is 0.